The third-order valence-electron chi connectivity index (χ3n) is 11.1. The second-order valence-corrected chi connectivity index (χ2v) is 15.0. The molecule has 0 aliphatic heterocycles. The number of carbonyl (C=O) groups excluding carboxylic acids is 2. The van der Waals surface area contributed by atoms with E-state index in [-0.39, 0.29) is 22.8 Å². The minimum atomic E-state index is -4.40. The van der Waals surface area contributed by atoms with Crippen LogP contribution in [0.15, 0.2) is 84.0 Å². The lowest BCUT2D eigenvalue weighted by Crippen LogP contribution is -2.34. The summed E-state index contributed by atoms with van der Waals surface area (Å²) in [5, 5.41) is 7.53. The third-order valence-corrected chi connectivity index (χ3v) is 11.1. The van der Waals surface area contributed by atoms with Crippen LogP contribution in [0.5, 0.6) is 5.75 Å². The van der Waals surface area contributed by atoms with E-state index in [0.717, 1.165) is 87.1 Å². The highest BCUT2D eigenvalue weighted by molar-refractivity contribution is 6.27. The summed E-state index contributed by atoms with van der Waals surface area (Å²) in [6.07, 6.45) is 0.262. The van der Waals surface area contributed by atoms with Crippen molar-refractivity contribution in [3.05, 3.63) is 123 Å². The van der Waals surface area contributed by atoms with E-state index in [0.29, 0.717) is 22.6 Å². The molecule has 298 valence electrons. The number of hydrogen-bond acceptors (Lipinski definition) is 5. The Hall–Kier alpha value is -5.51. The maximum Gasteiger partial charge on any atom is 0.340 e. The topological polar surface area (TPSA) is 69.9 Å². The quantitative estimate of drug-likeness (QED) is 0.0342. The SMILES string of the molecule is CCCCC(CC)Cn1c2ccc(/C(=N\OC(C)=O)c3ccccc3OCC(F)(F)C(F)F)cc2c2cc(C(=O)c3c(C)c(C)cc(C)c3C)c3ccccc3c21. The van der Waals surface area contributed by atoms with Crippen molar-refractivity contribution in [3.8, 4) is 5.75 Å². The molecule has 0 aliphatic carbocycles. The molecule has 6 aromatic rings. The van der Waals surface area contributed by atoms with Gasteiger partial charge >= 0.3 is 18.3 Å². The first-order valence-corrected chi connectivity index (χ1v) is 19.4. The van der Waals surface area contributed by atoms with E-state index in [2.05, 4.69) is 35.7 Å². The number of carbonyl (C=O) groups is 2. The van der Waals surface area contributed by atoms with Crippen LogP contribution in [0.1, 0.15) is 95.8 Å². The predicted octanol–water partition coefficient (Wildman–Crippen LogP) is 12.2. The van der Waals surface area contributed by atoms with E-state index in [9.17, 15) is 27.2 Å². The largest absolute Gasteiger partial charge is 0.486 e. The molecule has 0 fully saturated rings. The molecule has 0 spiro atoms. The summed E-state index contributed by atoms with van der Waals surface area (Å²) in [4.78, 5) is 32.1. The molecule has 1 heterocycles. The van der Waals surface area contributed by atoms with Gasteiger partial charge in [0.25, 0.3) is 0 Å². The number of rotatable bonds is 15. The highest BCUT2D eigenvalue weighted by atomic mass is 19.3. The van der Waals surface area contributed by atoms with E-state index in [1.54, 1.807) is 12.1 Å². The molecule has 0 amide bonds. The number of hydrogen-bond donors (Lipinski definition) is 0. The van der Waals surface area contributed by atoms with Crippen LogP contribution in [-0.4, -0.2) is 41.0 Å². The van der Waals surface area contributed by atoms with Crippen LogP contribution in [0, 0.1) is 33.6 Å². The molecular formula is C47H48F4N2O4. The van der Waals surface area contributed by atoms with Gasteiger partial charge in [-0.25, -0.2) is 13.6 Å². The molecule has 10 heteroatoms. The highest BCUT2D eigenvalue weighted by Gasteiger charge is 2.42. The number of unbranched alkanes of at least 4 members (excludes halogenated alkanes) is 1. The van der Waals surface area contributed by atoms with E-state index in [1.807, 2.05) is 64.1 Å². The lowest BCUT2D eigenvalue weighted by atomic mass is 9.87. The van der Waals surface area contributed by atoms with Gasteiger partial charge in [-0.05, 0) is 98.0 Å². The first kappa shape index (κ1) is 41.1. The summed E-state index contributed by atoms with van der Waals surface area (Å²) in [6.45, 7) is 12.7. The number of ether oxygens (including phenoxy) is 1. The van der Waals surface area contributed by atoms with Gasteiger partial charge in [0.15, 0.2) is 12.4 Å². The van der Waals surface area contributed by atoms with Gasteiger partial charge in [0, 0.05) is 57.4 Å². The monoisotopic (exact) mass is 780 g/mol. The molecule has 6 rings (SSSR count). The standard InChI is InChI=1S/C47H48F4N2O4/c1-8-10-15-32(9-2)25-53-40-21-20-33(43(52-57-31(7)54)36-18-13-14-19-41(36)56-26-47(50,51)46(48)49)23-37(40)38-24-39(34-16-11-12-17-35(34)44(38)53)45(55)42-29(5)27(3)22-28(4)30(42)6/h11-14,16-24,32,46H,8-10,15,25-26H2,1-7H3/b52-43+. The van der Waals surface area contributed by atoms with Crippen molar-refractivity contribution >= 4 is 50.0 Å². The summed E-state index contributed by atoms with van der Waals surface area (Å²) < 4.78 is 61.9. The zero-order valence-corrected chi connectivity index (χ0v) is 33.4. The van der Waals surface area contributed by atoms with E-state index in [1.165, 1.54) is 25.1 Å². The van der Waals surface area contributed by atoms with Crippen LogP contribution in [0.3, 0.4) is 0 Å². The molecule has 0 radical (unpaired) electrons. The first-order chi connectivity index (χ1) is 27.2. The molecule has 0 bridgehead atoms. The summed E-state index contributed by atoms with van der Waals surface area (Å²) in [5.74, 6) is -4.98. The van der Waals surface area contributed by atoms with Gasteiger partial charge in [-0.15, -0.1) is 0 Å². The van der Waals surface area contributed by atoms with E-state index >= 15 is 0 Å². The van der Waals surface area contributed by atoms with Gasteiger partial charge in [0.1, 0.15) is 11.5 Å². The van der Waals surface area contributed by atoms with Crippen molar-refractivity contribution in [2.75, 3.05) is 6.61 Å². The van der Waals surface area contributed by atoms with Gasteiger partial charge < -0.3 is 14.1 Å². The summed E-state index contributed by atoms with van der Waals surface area (Å²) in [7, 11) is 0. The number of alkyl halides is 4. The Bertz CT molecular complexity index is 2490. The second-order valence-electron chi connectivity index (χ2n) is 15.0. The van der Waals surface area contributed by atoms with Crippen LogP contribution in [-0.2, 0) is 16.2 Å². The minimum Gasteiger partial charge on any atom is -0.486 e. The number of aromatic nitrogens is 1. The molecule has 6 nitrogen and oxygen atoms in total. The lowest BCUT2D eigenvalue weighted by Gasteiger charge is -2.19. The predicted molar refractivity (Wildman–Crippen MR) is 219 cm³/mol. The maximum absolute atomic E-state index is 14.9. The van der Waals surface area contributed by atoms with Crippen molar-refractivity contribution in [3.63, 3.8) is 0 Å². The average molecular weight is 781 g/mol. The fraction of sp³-hybridized carbons (Fsp3) is 0.340. The van der Waals surface area contributed by atoms with E-state index in [4.69, 9.17) is 9.57 Å². The zero-order chi connectivity index (χ0) is 41.2. The molecule has 57 heavy (non-hydrogen) atoms. The molecule has 0 saturated carbocycles. The van der Waals surface area contributed by atoms with Crippen molar-refractivity contribution in [1.82, 2.24) is 4.57 Å². The smallest absolute Gasteiger partial charge is 0.340 e. The third kappa shape index (κ3) is 8.18. The van der Waals surface area contributed by atoms with Gasteiger partial charge in [-0.3, -0.25) is 4.79 Å². The number of ketones is 1. The molecule has 1 aromatic heterocycles. The Morgan fingerprint density at radius 2 is 1.47 bits per heavy atom. The molecule has 0 aliphatic rings. The molecule has 1 unspecified atom stereocenters. The van der Waals surface area contributed by atoms with Crippen molar-refractivity contribution < 1.29 is 36.7 Å². The number of nitrogens with zero attached hydrogens (tertiary/aromatic N) is 2. The van der Waals surface area contributed by atoms with Crippen molar-refractivity contribution in [2.45, 2.75) is 93.0 Å². The Kier molecular flexibility index (Phi) is 12.2. The molecule has 0 N–H and O–H groups in total. The lowest BCUT2D eigenvalue weighted by molar-refractivity contribution is -0.148. The summed E-state index contributed by atoms with van der Waals surface area (Å²) >= 11 is 0. The van der Waals surface area contributed by atoms with Gasteiger partial charge in [-0.1, -0.05) is 86.8 Å². The zero-order valence-electron chi connectivity index (χ0n) is 33.4. The number of oxime groups is 1. The van der Waals surface area contributed by atoms with Gasteiger partial charge in [0.05, 0.1) is 5.52 Å². The number of benzene rings is 5. The Morgan fingerprint density at radius 1 is 0.807 bits per heavy atom. The number of fused-ring (bicyclic) bond motifs is 5. The van der Waals surface area contributed by atoms with Crippen molar-refractivity contribution in [2.24, 2.45) is 11.1 Å². The molecule has 5 aromatic carbocycles. The molecular weight excluding hydrogens is 733 g/mol. The van der Waals surface area contributed by atoms with Crippen molar-refractivity contribution in [1.29, 1.82) is 0 Å². The van der Waals surface area contributed by atoms with Gasteiger partial charge in [-0.2, -0.15) is 8.78 Å². The fourth-order valence-corrected chi connectivity index (χ4v) is 7.75. The Morgan fingerprint density at radius 3 is 2.12 bits per heavy atom. The van der Waals surface area contributed by atoms with Crippen LogP contribution in [0.4, 0.5) is 17.6 Å². The number of para-hydroxylation sites is 1. The molecule has 1 atom stereocenters. The highest BCUT2D eigenvalue weighted by Crippen LogP contribution is 2.40. The normalized spacial score (nSPS) is 12.9. The van der Waals surface area contributed by atoms with Crippen LogP contribution >= 0.6 is 0 Å². The van der Waals surface area contributed by atoms with Crippen LogP contribution < -0.4 is 4.74 Å². The first-order valence-electron chi connectivity index (χ1n) is 19.4. The number of aryl methyl sites for hydroxylation is 2. The minimum absolute atomic E-state index is 0.0666. The number of halogens is 4. The summed E-state index contributed by atoms with van der Waals surface area (Å²) in [6, 6.07) is 23.7. The average Bonchev–Trinajstić information content (AvgIpc) is 3.50. The maximum atomic E-state index is 14.9. The summed E-state index contributed by atoms with van der Waals surface area (Å²) in [5.41, 5.74) is 7.70. The Balaban J connectivity index is 1.65. The Labute approximate surface area is 330 Å². The second kappa shape index (κ2) is 16.9. The van der Waals surface area contributed by atoms with E-state index < -0.39 is 24.9 Å². The fourth-order valence-electron chi connectivity index (χ4n) is 7.75. The van der Waals surface area contributed by atoms with Crippen LogP contribution in [0.2, 0.25) is 0 Å². The van der Waals surface area contributed by atoms with Crippen LogP contribution in [0.25, 0.3) is 32.6 Å². The molecule has 0 saturated heterocycles. The van der Waals surface area contributed by atoms with Gasteiger partial charge in [0.2, 0.25) is 0 Å².